The molecule has 35 heavy (non-hydrogen) atoms. The zero-order chi connectivity index (χ0) is 24.2. The van der Waals surface area contributed by atoms with Crippen molar-refractivity contribution in [2.24, 2.45) is 0 Å². The third-order valence-corrected chi connectivity index (χ3v) is 7.46. The van der Waals surface area contributed by atoms with Gasteiger partial charge in [0, 0.05) is 16.7 Å². The van der Waals surface area contributed by atoms with Gasteiger partial charge in [-0.15, -0.1) is 0 Å². The van der Waals surface area contributed by atoms with E-state index in [4.69, 9.17) is 5.10 Å². The van der Waals surface area contributed by atoms with Gasteiger partial charge in [0.05, 0.1) is 23.6 Å². The van der Waals surface area contributed by atoms with Crippen molar-refractivity contribution < 1.29 is 4.79 Å². The van der Waals surface area contributed by atoms with E-state index in [1.807, 2.05) is 28.9 Å². The minimum absolute atomic E-state index is 0.0362. The average Bonchev–Trinajstić information content (AvgIpc) is 3.49. The Kier molecular flexibility index (Phi) is 4.71. The normalized spacial score (nSPS) is 20.2. The molecule has 1 N–H and O–H groups in total. The van der Waals surface area contributed by atoms with Crippen molar-refractivity contribution in [1.82, 2.24) is 15.1 Å². The largest absolute Gasteiger partial charge is 0.335 e. The third kappa shape index (κ3) is 3.22. The highest BCUT2D eigenvalue weighted by Gasteiger charge is 2.59. The van der Waals surface area contributed by atoms with Gasteiger partial charge in [0.2, 0.25) is 5.91 Å². The maximum Gasteiger partial charge on any atom is 0.241 e. The molecule has 3 aromatic carbocycles. The number of carbonyl (C=O) groups excluding carboxylic acids is 1. The van der Waals surface area contributed by atoms with E-state index in [0.717, 1.165) is 28.3 Å². The second-order valence-electron chi connectivity index (χ2n) is 9.94. The number of hydrogen-bond donors (Lipinski definition) is 1. The van der Waals surface area contributed by atoms with Gasteiger partial charge in [-0.2, -0.15) is 5.10 Å². The van der Waals surface area contributed by atoms with Crippen LogP contribution < -0.4 is 10.2 Å². The first-order valence-corrected chi connectivity index (χ1v) is 12.0. The van der Waals surface area contributed by atoms with Crippen LogP contribution in [0.1, 0.15) is 30.7 Å². The van der Waals surface area contributed by atoms with Crippen molar-refractivity contribution in [3.63, 3.8) is 0 Å². The molecule has 5 heteroatoms. The van der Waals surface area contributed by atoms with Gasteiger partial charge in [0.15, 0.2) is 0 Å². The summed E-state index contributed by atoms with van der Waals surface area (Å²) in [5.74, 6) is 0.0362. The molecule has 1 atom stereocenters. The Hall–Kier alpha value is -4.12. The quantitative estimate of drug-likeness (QED) is 0.438. The van der Waals surface area contributed by atoms with E-state index >= 15 is 0 Å². The van der Waals surface area contributed by atoms with Crippen LogP contribution in [0.15, 0.2) is 91.0 Å². The number of nitrogens with zero attached hydrogens (tertiary/aromatic N) is 3. The lowest BCUT2D eigenvalue weighted by Crippen LogP contribution is -2.58. The van der Waals surface area contributed by atoms with E-state index in [2.05, 4.69) is 104 Å². The Bertz CT molecular complexity index is 1450. The van der Waals surface area contributed by atoms with Crippen molar-refractivity contribution in [3.05, 3.63) is 108 Å². The topological polar surface area (TPSA) is 50.2 Å². The van der Waals surface area contributed by atoms with Crippen LogP contribution in [0.3, 0.4) is 0 Å². The minimum atomic E-state index is -0.649. The molecule has 0 bridgehead atoms. The van der Waals surface area contributed by atoms with Crippen molar-refractivity contribution in [1.29, 1.82) is 0 Å². The summed E-state index contributed by atoms with van der Waals surface area (Å²) in [6.07, 6.45) is 4.25. The van der Waals surface area contributed by atoms with Gasteiger partial charge in [-0.05, 0) is 48.9 Å². The van der Waals surface area contributed by atoms with Gasteiger partial charge in [0.25, 0.3) is 0 Å². The van der Waals surface area contributed by atoms with Crippen LogP contribution in [0.25, 0.3) is 23.0 Å². The zero-order valence-corrected chi connectivity index (χ0v) is 20.2. The van der Waals surface area contributed by atoms with Crippen molar-refractivity contribution >= 4 is 17.7 Å². The molecule has 0 unspecified atom stereocenters. The van der Waals surface area contributed by atoms with Gasteiger partial charge in [0.1, 0.15) is 5.66 Å². The molecular weight excluding hydrogens is 432 g/mol. The molecule has 2 aliphatic rings. The molecule has 2 aliphatic heterocycles. The van der Waals surface area contributed by atoms with Crippen LogP contribution in [0.5, 0.6) is 0 Å². The number of aromatic nitrogens is 2. The predicted octanol–water partition coefficient (Wildman–Crippen LogP) is 5.48. The molecule has 0 saturated carbocycles. The highest BCUT2D eigenvalue weighted by atomic mass is 16.2. The first-order chi connectivity index (χ1) is 16.9. The summed E-state index contributed by atoms with van der Waals surface area (Å²) < 4.78 is 1.97. The summed E-state index contributed by atoms with van der Waals surface area (Å²) >= 11 is 0. The highest BCUT2D eigenvalue weighted by molar-refractivity contribution is 5.91. The lowest BCUT2D eigenvalue weighted by atomic mass is 9.75. The standard InChI is InChI=1S/C30H28N4O/c1-21-13-15-22(16-14-21)26-19-24(34(32-26)23-9-5-4-6-10-23)17-18-30-29(2,3)25-11-7-8-12-27(25)33(30)20-28(35)31-30/h4-19H,20H2,1-3H3,(H,31,35)/b18-17+/t30-/m0/s1. The molecule has 0 aliphatic carbocycles. The average molecular weight is 461 g/mol. The molecule has 5 nitrogen and oxygen atoms in total. The Morgan fingerprint density at radius 2 is 1.66 bits per heavy atom. The van der Waals surface area contributed by atoms with Gasteiger partial charge >= 0.3 is 0 Å². The van der Waals surface area contributed by atoms with Crippen LogP contribution in [-0.4, -0.2) is 27.9 Å². The highest BCUT2D eigenvalue weighted by Crippen LogP contribution is 2.52. The van der Waals surface area contributed by atoms with Gasteiger partial charge in [-0.25, -0.2) is 4.68 Å². The number of benzene rings is 3. The summed E-state index contributed by atoms with van der Waals surface area (Å²) in [4.78, 5) is 14.9. The number of anilines is 1. The number of hydrogen-bond acceptors (Lipinski definition) is 3. The van der Waals surface area contributed by atoms with Gasteiger partial charge < -0.3 is 10.2 Å². The Morgan fingerprint density at radius 3 is 2.43 bits per heavy atom. The molecule has 0 radical (unpaired) electrons. The fourth-order valence-electron chi connectivity index (χ4n) is 5.50. The molecule has 1 amide bonds. The summed E-state index contributed by atoms with van der Waals surface area (Å²) in [5, 5.41) is 8.28. The summed E-state index contributed by atoms with van der Waals surface area (Å²) in [6.45, 7) is 6.84. The van der Waals surface area contributed by atoms with Crippen LogP contribution in [-0.2, 0) is 10.2 Å². The van der Waals surface area contributed by atoms with E-state index < -0.39 is 5.66 Å². The van der Waals surface area contributed by atoms with Crippen LogP contribution in [0.2, 0.25) is 0 Å². The van der Waals surface area contributed by atoms with Gasteiger partial charge in [-0.3, -0.25) is 4.79 Å². The predicted molar refractivity (Wildman–Crippen MR) is 140 cm³/mol. The molecule has 1 saturated heterocycles. The summed E-state index contributed by atoms with van der Waals surface area (Å²) in [6, 6.07) is 29.1. The van der Waals surface area contributed by atoms with Crippen molar-refractivity contribution in [2.45, 2.75) is 31.8 Å². The van der Waals surface area contributed by atoms with Crippen molar-refractivity contribution in [3.8, 4) is 16.9 Å². The van der Waals surface area contributed by atoms with Gasteiger partial charge in [-0.1, -0.05) is 80.1 Å². The fraction of sp³-hybridized carbons (Fsp3) is 0.200. The Morgan fingerprint density at radius 1 is 0.943 bits per heavy atom. The van der Waals surface area contributed by atoms with E-state index in [1.54, 1.807) is 0 Å². The number of para-hydroxylation sites is 2. The van der Waals surface area contributed by atoms with Crippen LogP contribution in [0, 0.1) is 6.92 Å². The lowest BCUT2D eigenvalue weighted by molar-refractivity contribution is -0.118. The summed E-state index contributed by atoms with van der Waals surface area (Å²) in [7, 11) is 0. The smallest absolute Gasteiger partial charge is 0.241 e. The number of aryl methyl sites for hydroxylation is 1. The van der Waals surface area contributed by atoms with E-state index in [0.29, 0.717) is 6.54 Å². The van der Waals surface area contributed by atoms with Crippen LogP contribution in [0.4, 0.5) is 5.69 Å². The molecule has 0 spiro atoms. The molecule has 3 heterocycles. The Balaban J connectivity index is 1.48. The fourth-order valence-corrected chi connectivity index (χ4v) is 5.50. The van der Waals surface area contributed by atoms with E-state index in [9.17, 15) is 4.79 Å². The lowest BCUT2D eigenvalue weighted by Gasteiger charge is -2.40. The monoisotopic (exact) mass is 460 g/mol. The maximum absolute atomic E-state index is 12.7. The second kappa shape index (κ2) is 7.70. The number of fused-ring (bicyclic) bond motifs is 3. The Labute approximate surface area is 205 Å². The first-order valence-electron chi connectivity index (χ1n) is 12.0. The van der Waals surface area contributed by atoms with Crippen LogP contribution >= 0.6 is 0 Å². The third-order valence-electron chi connectivity index (χ3n) is 7.46. The minimum Gasteiger partial charge on any atom is -0.335 e. The SMILES string of the molecule is Cc1ccc(-c2cc(/C=C/[C@]34NC(=O)CN3c3ccccc3C4(C)C)n(-c3ccccc3)n2)cc1. The molecule has 6 rings (SSSR count). The number of rotatable bonds is 4. The second-order valence-corrected chi connectivity index (χ2v) is 9.94. The molecule has 174 valence electrons. The maximum atomic E-state index is 12.7. The van der Waals surface area contributed by atoms with Crippen molar-refractivity contribution in [2.75, 3.05) is 11.4 Å². The summed E-state index contributed by atoms with van der Waals surface area (Å²) in [5.41, 5.74) is 6.52. The molecular formula is C30H28N4O. The molecule has 4 aromatic rings. The number of amides is 1. The van der Waals surface area contributed by atoms with E-state index in [-0.39, 0.29) is 11.3 Å². The van der Waals surface area contributed by atoms with E-state index in [1.165, 1.54) is 11.1 Å². The number of carbonyl (C=O) groups is 1. The molecule has 1 aromatic heterocycles. The first kappa shape index (κ1) is 21.4. The molecule has 1 fully saturated rings. The zero-order valence-electron chi connectivity index (χ0n) is 20.2. The number of nitrogens with one attached hydrogen (secondary N) is 1.